The van der Waals surface area contributed by atoms with E-state index in [0.717, 1.165) is 16.7 Å². The molecular formula is C14H12BrNO. The van der Waals surface area contributed by atoms with Gasteiger partial charge in [-0.05, 0) is 30.2 Å². The Hall–Kier alpha value is -1.48. The van der Waals surface area contributed by atoms with Crippen molar-refractivity contribution in [3.8, 4) is 0 Å². The van der Waals surface area contributed by atoms with E-state index in [9.17, 15) is 4.79 Å². The zero-order chi connectivity index (χ0) is 12.3. The van der Waals surface area contributed by atoms with E-state index in [2.05, 4.69) is 20.9 Å². The molecule has 0 bridgehead atoms. The standard InChI is InChI=1S/C14H12BrNO/c1-10-4-2-3-5-12(10)14(17)13(15)11-6-8-16-9-7-11/h2-9,13H,1H3. The van der Waals surface area contributed by atoms with E-state index in [1.807, 2.05) is 43.3 Å². The van der Waals surface area contributed by atoms with Crippen molar-refractivity contribution >= 4 is 21.7 Å². The van der Waals surface area contributed by atoms with Crippen molar-refractivity contribution in [3.05, 3.63) is 65.5 Å². The van der Waals surface area contributed by atoms with Crippen LogP contribution in [-0.2, 0) is 0 Å². The Morgan fingerprint density at radius 1 is 1.18 bits per heavy atom. The first-order valence-corrected chi connectivity index (χ1v) is 6.25. The first-order valence-electron chi connectivity index (χ1n) is 5.34. The molecule has 0 N–H and O–H groups in total. The molecular weight excluding hydrogens is 278 g/mol. The summed E-state index contributed by atoms with van der Waals surface area (Å²) in [4.78, 5) is 15.9. The molecule has 0 amide bonds. The Kier molecular flexibility index (Phi) is 3.69. The number of carbonyl (C=O) groups excluding carboxylic acids is 1. The zero-order valence-corrected chi connectivity index (χ0v) is 11.0. The summed E-state index contributed by atoms with van der Waals surface area (Å²) in [6, 6.07) is 11.3. The van der Waals surface area contributed by atoms with E-state index in [1.54, 1.807) is 12.4 Å². The Morgan fingerprint density at radius 2 is 1.82 bits per heavy atom. The molecule has 1 aromatic carbocycles. The lowest BCUT2D eigenvalue weighted by Gasteiger charge is -2.10. The minimum Gasteiger partial charge on any atom is -0.293 e. The van der Waals surface area contributed by atoms with Crippen LogP contribution in [0.1, 0.15) is 26.3 Å². The van der Waals surface area contributed by atoms with Gasteiger partial charge in [0.1, 0.15) is 4.83 Å². The molecule has 2 nitrogen and oxygen atoms in total. The Morgan fingerprint density at radius 3 is 2.47 bits per heavy atom. The third-order valence-electron chi connectivity index (χ3n) is 2.64. The van der Waals surface area contributed by atoms with Crippen molar-refractivity contribution in [3.63, 3.8) is 0 Å². The van der Waals surface area contributed by atoms with Crippen LogP contribution in [0.4, 0.5) is 0 Å². The molecule has 0 spiro atoms. The molecule has 1 heterocycles. The highest BCUT2D eigenvalue weighted by Crippen LogP contribution is 2.27. The van der Waals surface area contributed by atoms with Crippen LogP contribution >= 0.6 is 15.9 Å². The number of halogens is 1. The number of rotatable bonds is 3. The number of pyridine rings is 1. The Labute approximate surface area is 109 Å². The number of carbonyl (C=O) groups is 1. The van der Waals surface area contributed by atoms with E-state index in [1.165, 1.54) is 0 Å². The van der Waals surface area contributed by atoms with Gasteiger partial charge in [-0.3, -0.25) is 9.78 Å². The van der Waals surface area contributed by atoms with Gasteiger partial charge in [0.05, 0.1) is 0 Å². The summed E-state index contributed by atoms with van der Waals surface area (Å²) in [6.07, 6.45) is 3.38. The quantitative estimate of drug-likeness (QED) is 0.637. The van der Waals surface area contributed by atoms with E-state index < -0.39 is 0 Å². The summed E-state index contributed by atoms with van der Waals surface area (Å²) in [5.41, 5.74) is 2.68. The van der Waals surface area contributed by atoms with Gasteiger partial charge in [-0.1, -0.05) is 40.2 Å². The molecule has 1 atom stereocenters. The van der Waals surface area contributed by atoms with Crippen molar-refractivity contribution in [1.29, 1.82) is 0 Å². The smallest absolute Gasteiger partial charge is 0.181 e. The molecule has 0 fully saturated rings. The van der Waals surface area contributed by atoms with E-state index in [0.29, 0.717) is 0 Å². The van der Waals surface area contributed by atoms with Crippen LogP contribution in [-0.4, -0.2) is 10.8 Å². The second-order valence-corrected chi connectivity index (χ2v) is 4.74. The summed E-state index contributed by atoms with van der Waals surface area (Å²) in [6.45, 7) is 1.94. The van der Waals surface area contributed by atoms with Gasteiger partial charge < -0.3 is 0 Å². The fourth-order valence-electron chi connectivity index (χ4n) is 1.67. The van der Waals surface area contributed by atoms with Crippen molar-refractivity contribution in [2.75, 3.05) is 0 Å². The lowest BCUT2D eigenvalue weighted by atomic mass is 10.00. The molecule has 0 aliphatic heterocycles. The number of aryl methyl sites for hydroxylation is 1. The molecule has 17 heavy (non-hydrogen) atoms. The summed E-state index contributed by atoms with van der Waals surface area (Å²) in [5.74, 6) is 0.0781. The van der Waals surface area contributed by atoms with Gasteiger partial charge in [0.25, 0.3) is 0 Å². The van der Waals surface area contributed by atoms with Crippen LogP contribution in [0.15, 0.2) is 48.8 Å². The minimum absolute atomic E-state index is 0.0781. The maximum atomic E-state index is 12.3. The molecule has 0 saturated carbocycles. The summed E-state index contributed by atoms with van der Waals surface area (Å²) in [7, 11) is 0. The molecule has 0 radical (unpaired) electrons. The summed E-state index contributed by atoms with van der Waals surface area (Å²) in [5, 5.41) is 0. The van der Waals surface area contributed by atoms with Gasteiger partial charge >= 0.3 is 0 Å². The van der Waals surface area contributed by atoms with E-state index in [4.69, 9.17) is 0 Å². The molecule has 0 saturated heterocycles. The number of nitrogens with zero attached hydrogens (tertiary/aromatic N) is 1. The fraction of sp³-hybridized carbons (Fsp3) is 0.143. The van der Waals surface area contributed by atoms with E-state index in [-0.39, 0.29) is 10.6 Å². The largest absolute Gasteiger partial charge is 0.293 e. The number of Topliss-reactive ketones (excluding diaryl/α,β-unsaturated/α-hetero) is 1. The van der Waals surface area contributed by atoms with Crippen molar-refractivity contribution in [2.24, 2.45) is 0 Å². The molecule has 0 aliphatic rings. The van der Waals surface area contributed by atoms with Crippen LogP contribution < -0.4 is 0 Å². The lowest BCUT2D eigenvalue weighted by molar-refractivity contribution is 0.0991. The molecule has 2 aromatic rings. The second-order valence-electron chi connectivity index (χ2n) is 3.82. The maximum Gasteiger partial charge on any atom is 0.181 e. The first kappa shape index (κ1) is 12.0. The van der Waals surface area contributed by atoms with Gasteiger partial charge in [-0.25, -0.2) is 0 Å². The second kappa shape index (κ2) is 5.23. The van der Waals surface area contributed by atoms with Gasteiger partial charge in [-0.2, -0.15) is 0 Å². The number of aromatic nitrogens is 1. The average molecular weight is 290 g/mol. The highest BCUT2D eigenvalue weighted by atomic mass is 79.9. The molecule has 1 aromatic heterocycles. The minimum atomic E-state index is -0.313. The molecule has 0 aliphatic carbocycles. The summed E-state index contributed by atoms with van der Waals surface area (Å²) >= 11 is 3.44. The Bertz CT molecular complexity index is 525. The highest BCUT2D eigenvalue weighted by Gasteiger charge is 2.19. The summed E-state index contributed by atoms with van der Waals surface area (Å²) < 4.78 is 0. The molecule has 3 heteroatoms. The SMILES string of the molecule is Cc1ccccc1C(=O)C(Br)c1ccncc1. The third-order valence-corrected chi connectivity index (χ3v) is 3.58. The number of benzene rings is 1. The Balaban J connectivity index is 2.30. The van der Waals surface area contributed by atoms with Crippen LogP contribution in [0.2, 0.25) is 0 Å². The van der Waals surface area contributed by atoms with Crippen molar-refractivity contribution in [2.45, 2.75) is 11.8 Å². The van der Waals surface area contributed by atoms with Crippen LogP contribution in [0.25, 0.3) is 0 Å². The predicted molar refractivity (Wildman–Crippen MR) is 71.4 cm³/mol. The zero-order valence-electron chi connectivity index (χ0n) is 9.43. The average Bonchev–Trinajstić information content (AvgIpc) is 2.39. The monoisotopic (exact) mass is 289 g/mol. The predicted octanol–water partition coefficient (Wildman–Crippen LogP) is 3.71. The lowest BCUT2D eigenvalue weighted by Crippen LogP contribution is -2.08. The van der Waals surface area contributed by atoms with Gasteiger partial charge in [0, 0.05) is 18.0 Å². The van der Waals surface area contributed by atoms with Gasteiger partial charge in [0.15, 0.2) is 5.78 Å². The van der Waals surface area contributed by atoms with Crippen LogP contribution in [0.3, 0.4) is 0 Å². The van der Waals surface area contributed by atoms with Gasteiger partial charge in [0.2, 0.25) is 0 Å². The molecule has 86 valence electrons. The van der Waals surface area contributed by atoms with Gasteiger partial charge in [-0.15, -0.1) is 0 Å². The number of hydrogen-bond acceptors (Lipinski definition) is 2. The number of alkyl halides is 1. The molecule has 1 unspecified atom stereocenters. The van der Waals surface area contributed by atoms with Crippen molar-refractivity contribution in [1.82, 2.24) is 4.98 Å². The molecule has 2 rings (SSSR count). The topological polar surface area (TPSA) is 30.0 Å². The van der Waals surface area contributed by atoms with E-state index >= 15 is 0 Å². The number of hydrogen-bond donors (Lipinski definition) is 0. The fourth-order valence-corrected chi connectivity index (χ4v) is 2.22. The highest BCUT2D eigenvalue weighted by molar-refractivity contribution is 9.09. The first-order chi connectivity index (χ1) is 8.20. The maximum absolute atomic E-state index is 12.3. The van der Waals surface area contributed by atoms with Crippen molar-refractivity contribution < 1.29 is 4.79 Å². The number of ketones is 1. The third kappa shape index (κ3) is 2.61. The van der Waals surface area contributed by atoms with Crippen LogP contribution in [0, 0.1) is 6.92 Å². The normalized spacial score (nSPS) is 12.1. The van der Waals surface area contributed by atoms with Crippen LogP contribution in [0.5, 0.6) is 0 Å².